The third-order valence-electron chi connectivity index (χ3n) is 5.08. The highest BCUT2D eigenvalue weighted by atomic mass is 16.6. The normalized spacial score (nSPS) is 20.3. The van der Waals surface area contributed by atoms with Crippen LogP contribution in [-0.4, -0.2) is 50.9 Å². The predicted octanol–water partition coefficient (Wildman–Crippen LogP) is 2.03. The van der Waals surface area contributed by atoms with Crippen LogP contribution in [0.4, 0.5) is 4.79 Å². The van der Waals surface area contributed by atoms with Crippen molar-refractivity contribution in [1.29, 1.82) is 0 Å². The molecule has 0 saturated heterocycles. The zero-order valence-corrected chi connectivity index (χ0v) is 16.6. The van der Waals surface area contributed by atoms with Gasteiger partial charge in [-0.25, -0.2) is 9.59 Å². The van der Waals surface area contributed by atoms with E-state index in [0.717, 1.165) is 25.7 Å². The molecule has 1 heterocycles. The Kier molecular flexibility index (Phi) is 6.79. The third-order valence-corrected chi connectivity index (χ3v) is 5.08. The molecule has 9 nitrogen and oxygen atoms in total. The van der Waals surface area contributed by atoms with E-state index in [9.17, 15) is 14.4 Å². The number of carbonyl (C=O) groups is 3. The number of carbonyl (C=O) groups excluding carboxylic acids is 3. The molecule has 2 atom stereocenters. The Hall–Kier alpha value is -2.97. The number of methoxy groups -OCH3 is 1. The molecule has 29 heavy (non-hydrogen) atoms. The first-order chi connectivity index (χ1) is 14.0. The van der Waals surface area contributed by atoms with Gasteiger partial charge >= 0.3 is 12.0 Å². The van der Waals surface area contributed by atoms with E-state index in [1.165, 1.54) is 19.2 Å². The molecular formula is C20H26N2O7. The van der Waals surface area contributed by atoms with Crippen LogP contribution in [0.25, 0.3) is 0 Å². The lowest BCUT2D eigenvalue weighted by Gasteiger charge is -2.29. The quantitative estimate of drug-likeness (QED) is 0.720. The van der Waals surface area contributed by atoms with Crippen LogP contribution in [0.15, 0.2) is 12.1 Å². The van der Waals surface area contributed by atoms with Gasteiger partial charge in [-0.2, -0.15) is 0 Å². The lowest BCUT2D eigenvalue weighted by molar-refractivity contribution is -0.123. The summed E-state index contributed by atoms with van der Waals surface area (Å²) in [6, 6.07) is 2.38. The number of fused-ring (bicyclic) bond motifs is 1. The first-order valence-corrected chi connectivity index (χ1v) is 9.73. The van der Waals surface area contributed by atoms with Crippen molar-refractivity contribution < 1.29 is 33.3 Å². The number of hydrogen-bond donors (Lipinski definition) is 2. The summed E-state index contributed by atoms with van der Waals surface area (Å²) >= 11 is 0. The molecular weight excluding hydrogens is 380 g/mol. The molecule has 3 rings (SSSR count). The van der Waals surface area contributed by atoms with Crippen LogP contribution in [0.1, 0.15) is 43.0 Å². The minimum atomic E-state index is -0.739. The summed E-state index contributed by atoms with van der Waals surface area (Å²) in [5.74, 6) is 0.0439. The first kappa shape index (κ1) is 20.8. The zero-order valence-electron chi connectivity index (χ0n) is 16.6. The molecule has 1 fully saturated rings. The summed E-state index contributed by atoms with van der Waals surface area (Å²) in [7, 11) is 1.45. The van der Waals surface area contributed by atoms with Crippen molar-refractivity contribution in [1.82, 2.24) is 10.6 Å². The van der Waals surface area contributed by atoms with E-state index < -0.39 is 24.5 Å². The average Bonchev–Trinajstić information content (AvgIpc) is 2.72. The Labute approximate surface area is 169 Å². The SMILES string of the molecule is COc1cc(C(=O)OCC(=O)NC(=O)N[C@@H]2CCCC[C@H]2C)cc2c1OCCO2. The van der Waals surface area contributed by atoms with E-state index in [4.69, 9.17) is 18.9 Å². The zero-order chi connectivity index (χ0) is 20.8. The number of hydrogen-bond acceptors (Lipinski definition) is 7. The number of ether oxygens (including phenoxy) is 4. The molecule has 9 heteroatoms. The summed E-state index contributed by atoms with van der Waals surface area (Å²) < 4.78 is 21.2. The van der Waals surface area contributed by atoms with Crippen LogP contribution < -0.4 is 24.8 Å². The van der Waals surface area contributed by atoms with Crippen molar-refractivity contribution >= 4 is 17.9 Å². The Morgan fingerprint density at radius 3 is 2.66 bits per heavy atom. The number of amides is 3. The Balaban J connectivity index is 1.51. The number of urea groups is 1. The van der Waals surface area contributed by atoms with Crippen LogP contribution >= 0.6 is 0 Å². The van der Waals surface area contributed by atoms with Crippen LogP contribution in [-0.2, 0) is 9.53 Å². The first-order valence-electron chi connectivity index (χ1n) is 9.73. The number of esters is 1. The van der Waals surface area contributed by atoms with Crippen molar-refractivity contribution in [2.24, 2.45) is 5.92 Å². The van der Waals surface area contributed by atoms with Gasteiger partial charge in [0.1, 0.15) is 13.2 Å². The molecule has 1 aliphatic heterocycles. The topological polar surface area (TPSA) is 112 Å². The van der Waals surface area contributed by atoms with Crippen LogP contribution in [0.3, 0.4) is 0 Å². The maximum atomic E-state index is 12.3. The van der Waals surface area contributed by atoms with Gasteiger partial charge in [-0.1, -0.05) is 19.8 Å². The highest BCUT2D eigenvalue weighted by molar-refractivity contribution is 5.97. The molecule has 0 bridgehead atoms. The minimum absolute atomic E-state index is 0.0456. The summed E-state index contributed by atoms with van der Waals surface area (Å²) in [5.41, 5.74) is 0.152. The third kappa shape index (κ3) is 5.30. The summed E-state index contributed by atoms with van der Waals surface area (Å²) in [5, 5.41) is 5.00. The van der Waals surface area contributed by atoms with Crippen molar-refractivity contribution in [3.05, 3.63) is 17.7 Å². The largest absolute Gasteiger partial charge is 0.493 e. The minimum Gasteiger partial charge on any atom is -0.493 e. The van der Waals surface area contributed by atoms with Gasteiger partial charge in [-0.3, -0.25) is 10.1 Å². The standard InChI is InChI=1S/C20H26N2O7/c1-12-5-3-4-6-14(12)21-20(25)22-17(23)11-29-19(24)13-9-15(26-2)18-16(10-13)27-7-8-28-18/h9-10,12,14H,3-8,11H2,1-2H3,(H2,21,22,23,25)/t12-,14-/m1/s1. The second-order valence-corrected chi connectivity index (χ2v) is 7.17. The second kappa shape index (κ2) is 9.49. The molecule has 1 aliphatic carbocycles. The van der Waals surface area contributed by atoms with Crippen molar-refractivity contribution in [3.63, 3.8) is 0 Å². The molecule has 1 aromatic rings. The van der Waals surface area contributed by atoms with Gasteiger partial charge in [0.05, 0.1) is 12.7 Å². The highest BCUT2D eigenvalue weighted by Gasteiger charge is 2.24. The predicted molar refractivity (Wildman–Crippen MR) is 102 cm³/mol. The van der Waals surface area contributed by atoms with Gasteiger partial charge in [0.25, 0.3) is 5.91 Å². The molecule has 0 unspecified atom stereocenters. The summed E-state index contributed by atoms with van der Waals surface area (Å²) in [4.78, 5) is 36.2. The number of benzene rings is 1. The molecule has 1 aromatic carbocycles. The van der Waals surface area contributed by atoms with Crippen LogP contribution in [0.2, 0.25) is 0 Å². The Morgan fingerprint density at radius 2 is 1.90 bits per heavy atom. The number of nitrogens with one attached hydrogen (secondary N) is 2. The van der Waals surface area contributed by atoms with E-state index >= 15 is 0 Å². The Bertz CT molecular complexity index is 763. The maximum absolute atomic E-state index is 12.3. The van der Waals surface area contributed by atoms with Gasteiger partial charge in [0.2, 0.25) is 5.75 Å². The van der Waals surface area contributed by atoms with Crippen LogP contribution in [0, 0.1) is 5.92 Å². The summed E-state index contributed by atoms with van der Waals surface area (Å²) in [6.07, 6.45) is 4.15. The molecule has 3 amide bonds. The molecule has 0 aromatic heterocycles. The fourth-order valence-corrected chi connectivity index (χ4v) is 3.50. The fraction of sp³-hybridized carbons (Fsp3) is 0.550. The van der Waals surface area contributed by atoms with E-state index in [-0.39, 0.29) is 11.6 Å². The van der Waals surface area contributed by atoms with Crippen molar-refractivity contribution in [2.75, 3.05) is 26.9 Å². The van der Waals surface area contributed by atoms with Gasteiger partial charge in [-0.05, 0) is 30.9 Å². The lowest BCUT2D eigenvalue weighted by atomic mass is 9.86. The van der Waals surface area contributed by atoms with E-state index in [2.05, 4.69) is 17.6 Å². The highest BCUT2D eigenvalue weighted by Crippen LogP contribution is 2.40. The number of imide groups is 1. The van der Waals surface area contributed by atoms with Crippen LogP contribution in [0.5, 0.6) is 17.2 Å². The van der Waals surface area contributed by atoms with Gasteiger partial charge in [0, 0.05) is 6.04 Å². The molecule has 2 N–H and O–H groups in total. The molecule has 0 radical (unpaired) electrons. The molecule has 2 aliphatic rings. The molecule has 1 saturated carbocycles. The van der Waals surface area contributed by atoms with E-state index in [0.29, 0.717) is 36.4 Å². The molecule has 158 valence electrons. The average molecular weight is 406 g/mol. The maximum Gasteiger partial charge on any atom is 0.338 e. The van der Waals surface area contributed by atoms with Crippen molar-refractivity contribution in [2.45, 2.75) is 38.6 Å². The summed E-state index contributed by atoms with van der Waals surface area (Å²) in [6.45, 7) is 2.24. The van der Waals surface area contributed by atoms with Gasteiger partial charge < -0.3 is 24.3 Å². The molecule has 0 spiro atoms. The Morgan fingerprint density at radius 1 is 1.14 bits per heavy atom. The number of rotatable bonds is 5. The second-order valence-electron chi connectivity index (χ2n) is 7.17. The fourth-order valence-electron chi connectivity index (χ4n) is 3.50. The van der Waals surface area contributed by atoms with E-state index in [1.807, 2.05) is 0 Å². The van der Waals surface area contributed by atoms with E-state index in [1.54, 1.807) is 0 Å². The van der Waals surface area contributed by atoms with Gasteiger partial charge in [-0.15, -0.1) is 0 Å². The van der Waals surface area contributed by atoms with Gasteiger partial charge in [0.15, 0.2) is 18.1 Å². The smallest absolute Gasteiger partial charge is 0.338 e. The monoisotopic (exact) mass is 406 g/mol. The van der Waals surface area contributed by atoms with Crippen molar-refractivity contribution in [3.8, 4) is 17.2 Å². The lowest BCUT2D eigenvalue weighted by Crippen LogP contribution is -2.48.